The van der Waals surface area contributed by atoms with Crippen LogP contribution in [-0.4, -0.2) is 28.0 Å². The molecule has 0 unspecified atom stereocenters. The van der Waals surface area contributed by atoms with E-state index < -0.39 is 0 Å². The Hall–Kier alpha value is -1.25. The Morgan fingerprint density at radius 2 is 1.41 bits per heavy atom. The van der Waals surface area contributed by atoms with Crippen molar-refractivity contribution in [1.29, 1.82) is 0 Å². The van der Waals surface area contributed by atoms with Gasteiger partial charge in [-0.25, -0.2) is 0 Å². The van der Waals surface area contributed by atoms with E-state index in [2.05, 4.69) is 64.4 Å². The van der Waals surface area contributed by atoms with Gasteiger partial charge in [0.2, 0.25) is 0 Å². The predicted molar refractivity (Wildman–Crippen MR) is 107 cm³/mol. The molecule has 3 rings (SSSR count). The first-order valence-corrected chi connectivity index (χ1v) is 9.04. The van der Waals surface area contributed by atoms with Crippen molar-refractivity contribution >= 4 is 5.69 Å². The van der Waals surface area contributed by atoms with Crippen LogP contribution in [0.1, 0.15) is 22.5 Å². The van der Waals surface area contributed by atoms with Crippen molar-refractivity contribution in [3.63, 3.8) is 0 Å². The second-order valence-corrected chi connectivity index (χ2v) is 6.60. The molecule has 0 aliphatic carbocycles. The van der Waals surface area contributed by atoms with Crippen LogP contribution in [-0.2, 0) is 29.9 Å². The van der Waals surface area contributed by atoms with Gasteiger partial charge in [0.25, 0.3) is 0 Å². The first kappa shape index (κ1) is 27.7. The molecule has 4 nitrogen and oxygen atoms in total. The first-order valence-electron chi connectivity index (χ1n) is 9.04. The number of pyridine rings is 2. The van der Waals surface area contributed by atoms with E-state index in [9.17, 15) is 0 Å². The summed E-state index contributed by atoms with van der Waals surface area (Å²) in [5.41, 5.74) is 5.93. The summed E-state index contributed by atoms with van der Waals surface area (Å²) < 4.78 is 0. The molecule has 157 valence electrons. The SMILES string of the molecule is Cc1ccc(NCCN(Cc2ccccn2)Cc2ccccn2)c(C)c1.[Br-].[Br-].[Co+2]. The molecule has 0 saturated carbocycles. The van der Waals surface area contributed by atoms with Gasteiger partial charge in [0.1, 0.15) is 0 Å². The summed E-state index contributed by atoms with van der Waals surface area (Å²) in [4.78, 5) is 11.3. The second kappa shape index (κ2) is 14.7. The minimum absolute atomic E-state index is 0. The molecule has 0 aliphatic heterocycles. The number of nitrogens with zero attached hydrogens (tertiary/aromatic N) is 3. The first-order chi connectivity index (χ1) is 12.7. The Morgan fingerprint density at radius 1 is 0.828 bits per heavy atom. The molecule has 29 heavy (non-hydrogen) atoms. The van der Waals surface area contributed by atoms with E-state index in [0.717, 1.165) is 37.6 Å². The van der Waals surface area contributed by atoms with Crippen molar-refractivity contribution in [2.75, 3.05) is 18.4 Å². The summed E-state index contributed by atoms with van der Waals surface area (Å²) in [7, 11) is 0. The van der Waals surface area contributed by atoms with Crippen LogP contribution in [0.3, 0.4) is 0 Å². The summed E-state index contributed by atoms with van der Waals surface area (Å²) in [6.45, 7) is 7.69. The zero-order valence-electron chi connectivity index (χ0n) is 16.6. The molecule has 0 bridgehead atoms. The van der Waals surface area contributed by atoms with Crippen molar-refractivity contribution in [1.82, 2.24) is 14.9 Å². The van der Waals surface area contributed by atoms with Crippen LogP contribution in [0.4, 0.5) is 5.69 Å². The largest absolute Gasteiger partial charge is 2.00 e. The van der Waals surface area contributed by atoms with Crippen LogP contribution in [0.5, 0.6) is 0 Å². The number of aromatic nitrogens is 2. The van der Waals surface area contributed by atoms with Crippen molar-refractivity contribution in [2.45, 2.75) is 26.9 Å². The van der Waals surface area contributed by atoms with E-state index in [4.69, 9.17) is 0 Å². The van der Waals surface area contributed by atoms with Crippen molar-refractivity contribution in [2.24, 2.45) is 0 Å². The molecule has 0 saturated heterocycles. The molecular formula is C22H26Br2CoN4. The van der Waals surface area contributed by atoms with Gasteiger partial charge in [0, 0.05) is 44.3 Å². The minimum Gasteiger partial charge on any atom is -1.00 e. The maximum absolute atomic E-state index is 4.47. The zero-order chi connectivity index (χ0) is 18.2. The number of rotatable bonds is 8. The van der Waals surface area contributed by atoms with Crippen molar-refractivity contribution in [3.8, 4) is 0 Å². The number of aryl methyl sites for hydroxylation is 2. The van der Waals surface area contributed by atoms with Gasteiger partial charge in [-0.3, -0.25) is 14.9 Å². The number of hydrogen-bond donors (Lipinski definition) is 1. The predicted octanol–water partition coefficient (Wildman–Crippen LogP) is -1.79. The summed E-state index contributed by atoms with van der Waals surface area (Å²) in [5.74, 6) is 0. The average Bonchev–Trinajstić information content (AvgIpc) is 2.65. The Morgan fingerprint density at radius 3 is 1.90 bits per heavy atom. The Bertz CT molecular complexity index is 778. The summed E-state index contributed by atoms with van der Waals surface area (Å²) in [6.07, 6.45) is 3.70. The maximum atomic E-state index is 4.47. The van der Waals surface area contributed by atoms with Crippen LogP contribution in [0.15, 0.2) is 67.0 Å². The van der Waals surface area contributed by atoms with Gasteiger partial charge in [-0.05, 0) is 49.7 Å². The Kier molecular flexibility index (Phi) is 14.1. The summed E-state index contributed by atoms with van der Waals surface area (Å²) in [6, 6.07) is 18.6. The second-order valence-electron chi connectivity index (χ2n) is 6.60. The standard InChI is InChI=1S/C22H26N4.2BrH.Co/c1-18-9-10-22(19(2)15-18)25-13-14-26(16-20-7-3-5-11-23-20)17-21-8-4-6-12-24-21;;;/h3-12,15,25H,13-14,16-17H2,1-2H3;2*1H;/q;;;+2/p-2. The number of hydrogen-bond acceptors (Lipinski definition) is 4. The molecule has 7 heteroatoms. The molecule has 1 N–H and O–H groups in total. The van der Waals surface area contributed by atoms with E-state index in [0.29, 0.717) is 0 Å². The van der Waals surface area contributed by atoms with E-state index in [1.807, 2.05) is 36.7 Å². The van der Waals surface area contributed by atoms with Gasteiger partial charge in [-0.1, -0.05) is 29.8 Å². The van der Waals surface area contributed by atoms with Gasteiger partial charge in [0.15, 0.2) is 0 Å². The smallest absolute Gasteiger partial charge is 1.00 e. The molecule has 2 heterocycles. The quantitative estimate of drug-likeness (QED) is 0.351. The zero-order valence-corrected chi connectivity index (χ0v) is 20.8. The van der Waals surface area contributed by atoms with Crippen LogP contribution >= 0.6 is 0 Å². The number of halogens is 2. The van der Waals surface area contributed by atoms with Gasteiger partial charge < -0.3 is 39.3 Å². The van der Waals surface area contributed by atoms with Crippen LogP contribution in [0.25, 0.3) is 0 Å². The monoisotopic (exact) mass is 563 g/mol. The fourth-order valence-corrected chi connectivity index (χ4v) is 3.02. The van der Waals surface area contributed by atoms with E-state index in [1.165, 1.54) is 16.8 Å². The summed E-state index contributed by atoms with van der Waals surface area (Å²) >= 11 is 0. The van der Waals surface area contributed by atoms with Gasteiger partial charge in [0.05, 0.1) is 11.4 Å². The third kappa shape index (κ3) is 9.40. The third-order valence-corrected chi connectivity index (χ3v) is 4.35. The van der Waals surface area contributed by atoms with Gasteiger partial charge in [-0.2, -0.15) is 0 Å². The molecule has 0 amide bonds. The van der Waals surface area contributed by atoms with E-state index in [1.54, 1.807) is 0 Å². The molecule has 1 radical (unpaired) electrons. The topological polar surface area (TPSA) is 41.0 Å². The number of nitrogens with one attached hydrogen (secondary N) is 1. The van der Waals surface area contributed by atoms with Crippen molar-refractivity contribution < 1.29 is 50.7 Å². The fourth-order valence-electron chi connectivity index (χ4n) is 3.02. The van der Waals surface area contributed by atoms with Gasteiger partial charge >= 0.3 is 16.8 Å². The Labute approximate surface area is 205 Å². The normalized spacial score (nSPS) is 9.76. The summed E-state index contributed by atoms with van der Waals surface area (Å²) in [5, 5.41) is 3.56. The third-order valence-electron chi connectivity index (χ3n) is 4.35. The molecule has 0 atom stereocenters. The molecule has 0 fully saturated rings. The molecular weight excluding hydrogens is 539 g/mol. The maximum Gasteiger partial charge on any atom is 2.00 e. The average molecular weight is 565 g/mol. The van der Waals surface area contributed by atoms with Crippen LogP contribution in [0, 0.1) is 13.8 Å². The Balaban J connectivity index is 0.00000261. The van der Waals surface area contributed by atoms with Crippen LogP contribution < -0.4 is 39.3 Å². The minimum atomic E-state index is 0. The molecule has 2 aromatic heterocycles. The number of benzene rings is 1. The van der Waals surface area contributed by atoms with Gasteiger partial charge in [-0.15, -0.1) is 0 Å². The number of anilines is 1. The van der Waals surface area contributed by atoms with Crippen LogP contribution in [0.2, 0.25) is 0 Å². The molecule has 0 aliphatic rings. The fraction of sp³-hybridized carbons (Fsp3) is 0.273. The van der Waals surface area contributed by atoms with E-state index >= 15 is 0 Å². The molecule has 1 aromatic carbocycles. The van der Waals surface area contributed by atoms with E-state index in [-0.39, 0.29) is 50.7 Å². The molecule has 3 aromatic rings. The molecule has 0 spiro atoms. The van der Waals surface area contributed by atoms with Crippen molar-refractivity contribution in [3.05, 3.63) is 89.5 Å².